The summed E-state index contributed by atoms with van der Waals surface area (Å²) < 4.78 is 8.33. The van der Waals surface area contributed by atoms with Crippen LogP contribution in [0.5, 0.6) is 5.75 Å². The summed E-state index contributed by atoms with van der Waals surface area (Å²) in [5.74, 6) is 0.439. The second kappa shape index (κ2) is 7.98. The van der Waals surface area contributed by atoms with Crippen LogP contribution in [0.2, 0.25) is 0 Å². The van der Waals surface area contributed by atoms with Gasteiger partial charge in [0.1, 0.15) is 5.75 Å². The fourth-order valence-electron chi connectivity index (χ4n) is 2.28. The maximum absolute atomic E-state index is 12.5. The molecule has 0 aliphatic rings. The Morgan fingerprint density at radius 3 is 2.72 bits per heavy atom. The Hall–Kier alpha value is -2.60. The molecular weight excluding hydrogens is 382 g/mol. The second-order valence-electron chi connectivity index (χ2n) is 5.45. The minimum Gasteiger partial charge on any atom is -0.491 e. The first-order valence-electron chi connectivity index (χ1n) is 8.01. The standard InChI is InChI=1S/C19H18BrN3O2/c1-2-11-25-18-6-4-3-5-17(18)22-19(24)14-12-21-23(13-14)16-9-7-15(20)8-10-16/h3-10,12-13H,2,11H2,1H3,(H,22,24). The average molecular weight is 400 g/mol. The maximum Gasteiger partial charge on any atom is 0.258 e. The number of ether oxygens (including phenoxy) is 1. The first-order chi connectivity index (χ1) is 12.2. The lowest BCUT2D eigenvalue weighted by Crippen LogP contribution is -2.12. The van der Waals surface area contributed by atoms with Crippen molar-refractivity contribution >= 4 is 27.5 Å². The number of amides is 1. The van der Waals surface area contributed by atoms with Crippen molar-refractivity contribution in [2.45, 2.75) is 13.3 Å². The molecule has 0 atom stereocenters. The number of nitrogens with zero attached hydrogens (tertiary/aromatic N) is 2. The number of hydrogen-bond donors (Lipinski definition) is 1. The summed E-state index contributed by atoms with van der Waals surface area (Å²) in [4.78, 5) is 12.5. The van der Waals surface area contributed by atoms with Crippen molar-refractivity contribution in [1.82, 2.24) is 9.78 Å². The fraction of sp³-hybridized carbons (Fsp3) is 0.158. The predicted octanol–water partition coefficient (Wildman–Crippen LogP) is 4.68. The van der Waals surface area contributed by atoms with Crippen LogP contribution in [0.3, 0.4) is 0 Å². The van der Waals surface area contributed by atoms with E-state index in [1.54, 1.807) is 17.1 Å². The fourth-order valence-corrected chi connectivity index (χ4v) is 2.54. The number of halogens is 1. The van der Waals surface area contributed by atoms with Crippen molar-refractivity contribution in [3.05, 3.63) is 71.0 Å². The molecule has 3 aromatic rings. The first kappa shape index (κ1) is 17.2. The minimum absolute atomic E-state index is 0.226. The van der Waals surface area contributed by atoms with Gasteiger partial charge in [0.05, 0.1) is 29.7 Å². The van der Waals surface area contributed by atoms with E-state index in [0.29, 0.717) is 23.6 Å². The van der Waals surface area contributed by atoms with Crippen molar-refractivity contribution in [3.63, 3.8) is 0 Å². The van der Waals surface area contributed by atoms with E-state index in [1.165, 1.54) is 0 Å². The second-order valence-corrected chi connectivity index (χ2v) is 6.36. The number of benzene rings is 2. The largest absolute Gasteiger partial charge is 0.491 e. The topological polar surface area (TPSA) is 56.1 Å². The monoisotopic (exact) mass is 399 g/mol. The summed E-state index contributed by atoms with van der Waals surface area (Å²) in [6.07, 6.45) is 4.16. The van der Waals surface area contributed by atoms with E-state index in [-0.39, 0.29) is 5.91 Å². The van der Waals surface area contributed by atoms with Crippen LogP contribution in [0.4, 0.5) is 5.69 Å². The lowest BCUT2D eigenvalue weighted by molar-refractivity contribution is 0.102. The Morgan fingerprint density at radius 1 is 1.20 bits per heavy atom. The van der Waals surface area contributed by atoms with Crippen molar-refractivity contribution < 1.29 is 9.53 Å². The summed E-state index contributed by atoms with van der Waals surface area (Å²) >= 11 is 3.40. The van der Waals surface area contributed by atoms with Gasteiger partial charge in [-0.05, 0) is 42.8 Å². The molecule has 1 amide bonds. The van der Waals surface area contributed by atoms with Gasteiger partial charge in [0.25, 0.3) is 5.91 Å². The van der Waals surface area contributed by atoms with Gasteiger partial charge in [0.2, 0.25) is 0 Å². The van der Waals surface area contributed by atoms with Crippen LogP contribution in [0.1, 0.15) is 23.7 Å². The summed E-state index contributed by atoms with van der Waals surface area (Å²) in [5, 5.41) is 7.14. The number of para-hydroxylation sites is 2. The number of hydrogen-bond acceptors (Lipinski definition) is 3. The SMILES string of the molecule is CCCOc1ccccc1NC(=O)c1cnn(-c2ccc(Br)cc2)c1. The Balaban J connectivity index is 1.75. The molecule has 25 heavy (non-hydrogen) atoms. The molecule has 1 aromatic heterocycles. The van der Waals surface area contributed by atoms with Crippen molar-refractivity contribution in [1.29, 1.82) is 0 Å². The van der Waals surface area contributed by atoms with Crippen LogP contribution in [0, 0.1) is 0 Å². The maximum atomic E-state index is 12.5. The highest BCUT2D eigenvalue weighted by Crippen LogP contribution is 2.24. The lowest BCUT2D eigenvalue weighted by atomic mass is 10.2. The van der Waals surface area contributed by atoms with Gasteiger partial charge in [-0.1, -0.05) is 35.0 Å². The molecule has 0 spiro atoms. The molecule has 0 aliphatic carbocycles. The number of anilines is 1. The van der Waals surface area contributed by atoms with Crippen molar-refractivity contribution in [3.8, 4) is 11.4 Å². The quantitative estimate of drug-likeness (QED) is 0.654. The zero-order chi connectivity index (χ0) is 17.6. The van der Waals surface area contributed by atoms with Gasteiger partial charge in [-0.2, -0.15) is 5.10 Å². The summed E-state index contributed by atoms with van der Waals surface area (Å²) in [5.41, 5.74) is 2.01. The van der Waals surface area contributed by atoms with Gasteiger partial charge in [-0.3, -0.25) is 4.79 Å². The molecule has 0 saturated carbocycles. The molecule has 6 heteroatoms. The zero-order valence-electron chi connectivity index (χ0n) is 13.8. The Bertz CT molecular complexity index is 859. The van der Waals surface area contributed by atoms with E-state index in [0.717, 1.165) is 16.6 Å². The Morgan fingerprint density at radius 2 is 1.96 bits per heavy atom. The molecule has 2 aromatic carbocycles. The van der Waals surface area contributed by atoms with Crippen LogP contribution in [0.25, 0.3) is 5.69 Å². The highest BCUT2D eigenvalue weighted by Gasteiger charge is 2.12. The van der Waals surface area contributed by atoms with E-state index in [9.17, 15) is 4.79 Å². The molecular formula is C19H18BrN3O2. The Kier molecular flexibility index (Phi) is 5.50. The van der Waals surface area contributed by atoms with E-state index < -0.39 is 0 Å². The van der Waals surface area contributed by atoms with Crippen LogP contribution >= 0.6 is 15.9 Å². The first-order valence-corrected chi connectivity index (χ1v) is 8.80. The Labute approximate surface area is 154 Å². The van der Waals surface area contributed by atoms with Crippen LogP contribution in [0.15, 0.2) is 65.4 Å². The predicted molar refractivity (Wildman–Crippen MR) is 101 cm³/mol. The molecule has 3 rings (SSSR count). The highest BCUT2D eigenvalue weighted by atomic mass is 79.9. The van der Waals surface area contributed by atoms with E-state index in [1.807, 2.05) is 55.5 Å². The third-order valence-electron chi connectivity index (χ3n) is 3.53. The van der Waals surface area contributed by atoms with E-state index >= 15 is 0 Å². The molecule has 1 N–H and O–H groups in total. The smallest absolute Gasteiger partial charge is 0.258 e. The molecule has 0 saturated heterocycles. The number of carbonyl (C=O) groups excluding carboxylic acids is 1. The molecule has 0 unspecified atom stereocenters. The van der Waals surface area contributed by atoms with Crippen LogP contribution < -0.4 is 10.1 Å². The van der Waals surface area contributed by atoms with Crippen molar-refractivity contribution in [2.24, 2.45) is 0 Å². The number of aromatic nitrogens is 2. The van der Waals surface area contributed by atoms with Crippen LogP contribution in [-0.4, -0.2) is 22.3 Å². The molecule has 1 heterocycles. The van der Waals surface area contributed by atoms with Crippen LogP contribution in [-0.2, 0) is 0 Å². The van der Waals surface area contributed by atoms with Crippen molar-refractivity contribution in [2.75, 3.05) is 11.9 Å². The van der Waals surface area contributed by atoms with Gasteiger partial charge in [-0.25, -0.2) is 4.68 Å². The highest BCUT2D eigenvalue weighted by molar-refractivity contribution is 9.10. The van der Waals surface area contributed by atoms with Gasteiger partial charge < -0.3 is 10.1 Å². The minimum atomic E-state index is -0.226. The van der Waals surface area contributed by atoms with Gasteiger partial charge >= 0.3 is 0 Å². The summed E-state index contributed by atoms with van der Waals surface area (Å²) in [6, 6.07) is 15.1. The number of nitrogens with one attached hydrogen (secondary N) is 1. The number of rotatable bonds is 6. The lowest BCUT2D eigenvalue weighted by Gasteiger charge is -2.11. The summed E-state index contributed by atoms with van der Waals surface area (Å²) in [6.45, 7) is 2.64. The van der Waals surface area contributed by atoms with Gasteiger partial charge in [-0.15, -0.1) is 0 Å². The molecule has 0 radical (unpaired) electrons. The molecule has 0 bridgehead atoms. The molecule has 128 valence electrons. The molecule has 5 nitrogen and oxygen atoms in total. The summed E-state index contributed by atoms with van der Waals surface area (Å²) in [7, 11) is 0. The zero-order valence-corrected chi connectivity index (χ0v) is 15.4. The third-order valence-corrected chi connectivity index (χ3v) is 4.06. The normalized spacial score (nSPS) is 10.5. The van der Waals surface area contributed by atoms with E-state index in [2.05, 4.69) is 26.3 Å². The van der Waals surface area contributed by atoms with E-state index in [4.69, 9.17) is 4.74 Å². The van der Waals surface area contributed by atoms with Gasteiger partial charge in [0, 0.05) is 10.7 Å². The number of carbonyl (C=O) groups is 1. The molecule has 0 fully saturated rings. The molecule has 0 aliphatic heterocycles. The van der Waals surface area contributed by atoms with Gasteiger partial charge in [0.15, 0.2) is 0 Å². The average Bonchev–Trinajstić information content (AvgIpc) is 3.12. The third kappa shape index (κ3) is 4.28.